The molecule has 0 spiro atoms. The summed E-state index contributed by atoms with van der Waals surface area (Å²) in [7, 11) is -4.61. The largest absolute Gasteiger partial charge is 0.480 e. The zero-order valence-corrected chi connectivity index (χ0v) is 34.8. The van der Waals surface area contributed by atoms with Crippen molar-refractivity contribution in [3.05, 3.63) is 24.3 Å². The molecule has 3 unspecified atom stereocenters. The SMILES string of the molecule is CCCCC/C=C\C/C=C\CCCCCCCCOCC(COP(=O)(O)OCC(N)C(=O)O)OC(=O)CCCCCCCCCCCCCCCCC. The van der Waals surface area contributed by atoms with Gasteiger partial charge in [-0.05, 0) is 44.9 Å². The van der Waals surface area contributed by atoms with Crippen LogP contribution in [0.1, 0.15) is 194 Å². The first kappa shape index (κ1) is 51.5. The fourth-order valence-corrected chi connectivity index (χ4v) is 6.65. The Labute approximate surface area is 324 Å². The van der Waals surface area contributed by atoms with E-state index in [4.69, 9.17) is 29.4 Å². The van der Waals surface area contributed by atoms with Gasteiger partial charge in [0, 0.05) is 13.0 Å². The maximum Gasteiger partial charge on any atom is 0.472 e. The van der Waals surface area contributed by atoms with Crippen molar-refractivity contribution in [2.75, 3.05) is 26.4 Å². The van der Waals surface area contributed by atoms with Crippen molar-refractivity contribution in [2.24, 2.45) is 5.73 Å². The first-order chi connectivity index (χ1) is 25.7. The summed E-state index contributed by atoms with van der Waals surface area (Å²) < 4.78 is 33.3. The molecule has 0 aliphatic rings. The smallest absolute Gasteiger partial charge is 0.472 e. The number of carbonyl (C=O) groups excluding carboxylic acids is 1. The van der Waals surface area contributed by atoms with E-state index in [9.17, 15) is 19.0 Å². The van der Waals surface area contributed by atoms with Crippen molar-refractivity contribution in [3.8, 4) is 0 Å². The van der Waals surface area contributed by atoms with Crippen molar-refractivity contribution in [3.63, 3.8) is 0 Å². The fraction of sp³-hybridized carbons (Fsp3) is 0.857. The fourth-order valence-electron chi connectivity index (χ4n) is 5.87. The predicted octanol–water partition coefficient (Wildman–Crippen LogP) is 11.5. The Bertz CT molecular complexity index is 946. The standard InChI is InChI=1S/C42H80NO9P/c1-3-5-7-9-11-13-15-17-19-21-23-25-27-29-31-33-35-49-36-39(37-50-53(47,48)51-38-40(43)42(45)46)52-41(44)34-32-30-28-26-24-22-20-18-16-14-12-10-8-6-4-2/h11,13,17,19,39-40H,3-10,12,14-16,18,20-38,43H2,1-2H3,(H,45,46)(H,47,48)/b13-11-,19-17-. The number of allylic oxidation sites excluding steroid dienone is 4. The van der Waals surface area contributed by atoms with Gasteiger partial charge in [-0.15, -0.1) is 0 Å². The van der Waals surface area contributed by atoms with Gasteiger partial charge in [-0.1, -0.05) is 167 Å². The summed E-state index contributed by atoms with van der Waals surface area (Å²) in [5.41, 5.74) is 5.35. The third-order valence-corrected chi connectivity index (χ3v) is 10.2. The molecule has 0 aromatic rings. The summed E-state index contributed by atoms with van der Waals surface area (Å²) in [6.45, 7) is 3.85. The van der Waals surface area contributed by atoms with Crippen molar-refractivity contribution < 1.29 is 42.7 Å². The summed E-state index contributed by atoms with van der Waals surface area (Å²) in [6.07, 6.45) is 40.8. The molecule has 11 heteroatoms. The summed E-state index contributed by atoms with van der Waals surface area (Å²) in [5.74, 6) is -1.78. The van der Waals surface area contributed by atoms with E-state index in [0.717, 1.165) is 44.9 Å². The lowest BCUT2D eigenvalue weighted by atomic mass is 10.0. The lowest BCUT2D eigenvalue weighted by Crippen LogP contribution is -2.34. The molecule has 0 amide bonds. The number of aliphatic carboxylic acids is 1. The van der Waals surface area contributed by atoms with E-state index in [0.29, 0.717) is 13.0 Å². The highest BCUT2D eigenvalue weighted by Gasteiger charge is 2.27. The van der Waals surface area contributed by atoms with Gasteiger partial charge in [0.25, 0.3) is 0 Å². The van der Waals surface area contributed by atoms with Crippen LogP contribution >= 0.6 is 7.82 Å². The molecule has 312 valence electrons. The molecule has 0 fully saturated rings. The van der Waals surface area contributed by atoms with E-state index < -0.39 is 45.1 Å². The van der Waals surface area contributed by atoms with Crippen LogP contribution in [0.25, 0.3) is 0 Å². The van der Waals surface area contributed by atoms with Crippen molar-refractivity contribution in [1.82, 2.24) is 0 Å². The van der Waals surface area contributed by atoms with Crippen LogP contribution < -0.4 is 5.73 Å². The maximum absolute atomic E-state index is 12.6. The number of ether oxygens (including phenoxy) is 2. The van der Waals surface area contributed by atoms with E-state index >= 15 is 0 Å². The van der Waals surface area contributed by atoms with Crippen LogP contribution in [0.4, 0.5) is 0 Å². The highest BCUT2D eigenvalue weighted by Crippen LogP contribution is 2.43. The third-order valence-electron chi connectivity index (χ3n) is 9.23. The Kier molecular flexibility index (Phi) is 37.6. The number of phosphoric ester groups is 1. The van der Waals surface area contributed by atoms with Crippen LogP contribution in [-0.4, -0.2) is 60.5 Å². The molecular formula is C42H80NO9P. The minimum absolute atomic E-state index is 0.0134. The maximum atomic E-state index is 12.6. The number of carbonyl (C=O) groups is 2. The zero-order chi connectivity index (χ0) is 39.1. The molecule has 0 aliphatic carbocycles. The molecule has 0 aliphatic heterocycles. The number of rotatable bonds is 41. The number of hydrogen-bond acceptors (Lipinski definition) is 8. The van der Waals surface area contributed by atoms with E-state index in [1.54, 1.807) is 0 Å². The summed E-state index contributed by atoms with van der Waals surface area (Å²) in [4.78, 5) is 33.5. The molecule has 0 aromatic carbocycles. The quantitative estimate of drug-likeness (QED) is 0.0237. The van der Waals surface area contributed by atoms with Gasteiger partial charge in [0.2, 0.25) is 0 Å². The summed E-state index contributed by atoms with van der Waals surface area (Å²) >= 11 is 0. The molecule has 10 nitrogen and oxygen atoms in total. The average Bonchev–Trinajstić information content (AvgIpc) is 3.13. The number of esters is 1. The van der Waals surface area contributed by atoms with E-state index in [1.807, 2.05) is 0 Å². The number of phosphoric acid groups is 1. The van der Waals surface area contributed by atoms with Crippen molar-refractivity contribution in [1.29, 1.82) is 0 Å². The molecule has 53 heavy (non-hydrogen) atoms. The lowest BCUT2D eigenvalue weighted by Gasteiger charge is -2.20. The predicted molar refractivity (Wildman–Crippen MR) is 217 cm³/mol. The van der Waals surface area contributed by atoms with Gasteiger partial charge in [0.15, 0.2) is 0 Å². The molecule has 0 aromatic heterocycles. The number of nitrogens with two attached hydrogens (primary N) is 1. The Morgan fingerprint density at radius 3 is 1.57 bits per heavy atom. The molecule has 0 saturated carbocycles. The van der Waals surface area contributed by atoms with Crippen LogP contribution in [0.15, 0.2) is 24.3 Å². The van der Waals surface area contributed by atoms with Gasteiger partial charge in [-0.3, -0.25) is 18.6 Å². The Hall–Kier alpha value is -1.55. The van der Waals surface area contributed by atoms with E-state index in [2.05, 4.69) is 38.2 Å². The molecule has 0 radical (unpaired) electrons. The van der Waals surface area contributed by atoms with Crippen LogP contribution in [-0.2, 0) is 32.7 Å². The van der Waals surface area contributed by atoms with Crippen LogP contribution in [0.3, 0.4) is 0 Å². The molecule has 0 heterocycles. The van der Waals surface area contributed by atoms with Crippen LogP contribution in [0.5, 0.6) is 0 Å². The molecule has 0 bridgehead atoms. The number of hydrogen-bond donors (Lipinski definition) is 3. The second-order valence-electron chi connectivity index (χ2n) is 14.5. The second kappa shape index (κ2) is 38.7. The van der Waals surface area contributed by atoms with Gasteiger partial charge in [0.1, 0.15) is 12.1 Å². The van der Waals surface area contributed by atoms with E-state index in [1.165, 1.54) is 122 Å². The molecule has 0 saturated heterocycles. The minimum Gasteiger partial charge on any atom is -0.480 e. The number of unbranched alkanes of at least 4 members (excludes halogenated alkanes) is 23. The van der Waals surface area contributed by atoms with Gasteiger partial charge in [-0.25, -0.2) is 4.57 Å². The van der Waals surface area contributed by atoms with Crippen LogP contribution in [0.2, 0.25) is 0 Å². The van der Waals surface area contributed by atoms with Crippen LogP contribution in [0, 0.1) is 0 Å². The van der Waals surface area contributed by atoms with Gasteiger partial charge < -0.3 is 25.2 Å². The first-order valence-corrected chi connectivity index (χ1v) is 22.9. The minimum atomic E-state index is -4.61. The molecule has 0 rings (SSSR count). The van der Waals surface area contributed by atoms with Gasteiger partial charge in [0.05, 0.1) is 19.8 Å². The van der Waals surface area contributed by atoms with Gasteiger partial charge in [-0.2, -0.15) is 0 Å². The Balaban J connectivity index is 4.25. The van der Waals surface area contributed by atoms with E-state index in [-0.39, 0.29) is 13.0 Å². The highest BCUT2D eigenvalue weighted by atomic mass is 31.2. The topological polar surface area (TPSA) is 155 Å². The third kappa shape index (κ3) is 38.5. The normalized spacial score (nSPS) is 14.2. The summed E-state index contributed by atoms with van der Waals surface area (Å²) in [5, 5.41) is 8.89. The Morgan fingerprint density at radius 2 is 1.04 bits per heavy atom. The molecule has 4 N–H and O–H groups in total. The van der Waals surface area contributed by atoms with Crippen molar-refractivity contribution >= 4 is 19.8 Å². The lowest BCUT2D eigenvalue weighted by molar-refractivity contribution is -0.154. The van der Waals surface area contributed by atoms with Gasteiger partial charge >= 0.3 is 19.8 Å². The average molecular weight is 774 g/mol. The Morgan fingerprint density at radius 1 is 0.604 bits per heavy atom. The first-order valence-electron chi connectivity index (χ1n) is 21.4. The summed E-state index contributed by atoms with van der Waals surface area (Å²) in [6, 6.07) is -1.47. The second-order valence-corrected chi connectivity index (χ2v) is 15.9. The number of carboxylic acids is 1. The zero-order valence-electron chi connectivity index (χ0n) is 33.9. The molecule has 3 atom stereocenters. The number of carboxylic acid groups (broad SMARTS) is 1. The highest BCUT2D eigenvalue weighted by molar-refractivity contribution is 7.47. The van der Waals surface area contributed by atoms with Crippen molar-refractivity contribution in [2.45, 2.75) is 206 Å². The monoisotopic (exact) mass is 774 g/mol. The molecular weight excluding hydrogens is 693 g/mol.